The highest BCUT2D eigenvalue weighted by Gasteiger charge is 2.51. The van der Waals surface area contributed by atoms with Crippen LogP contribution in [0.4, 0.5) is 10.5 Å². The van der Waals surface area contributed by atoms with Gasteiger partial charge in [0.1, 0.15) is 0 Å². The van der Waals surface area contributed by atoms with Gasteiger partial charge >= 0.3 is 6.03 Å². The molecule has 1 aliphatic carbocycles. The molecular formula is C23H34N4O2. The van der Waals surface area contributed by atoms with Crippen molar-refractivity contribution in [1.29, 1.82) is 0 Å². The van der Waals surface area contributed by atoms with Crippen molar-refractivity contribution in [2.45, 2.75) is 45.4 Å². The topological polar surface area (TPSA) is 73.5 Å². The van der Waals surface area contributed by atoms with Gasteiger partial charge in [-0.05, 0) is 63.1 Å². The van der Waals surface area contributed by atoms with Crippen LogP contribution < -0.4 is 16.0 Å². The highest BCUT2D eigenvalue weighted by atomic mass is 16.2. The molecule has 3 fully saturated rings. The maximum absolute atomic E-state index is 13.5. The van der Waals surface area contributed by atoms with E-state index in [1.165, 1.54) is 24.8 Å². The molecule has 6 nitrogen and oxygen atoms in total. The van der Waals surface area contributed by atoms with Gasteiger partial charge < -0.3 is 20.9 Å². The number of piperidine rings is 1. The van der Waals surface area contributed by atoms with Gasteiger partial charge in [0.2, 0.25) is 5.91 Å². The molecule has 158 valence electrons. The van der Waals surface area contributed by atoms with Crippen molar-refractivity contribution in [3.05, 3.63) is 29.8 Å². The number of hydrogen-bond acceptors (Lipinski definition) is 3. The van der Waals surface area contributed by atoms with Gasteiger partial charge in [-0.25, -0.2) is 4.79 Å². The zero-order chi connectivity index (χ0) is 20.3. The predicted octanol–water partition coefficient (Wildman–Crippen LogP) is 3.13. The van der Waals surface area contributed by atoms with E-state index in [2.05, 4.69) is 20.9 Å². The number of urea groups is 1. The average molecular weight is 399 g/mol. The summed E-state index contributed by atoms with van der Waals surface area (Å²) in [7, 11) is 0. The number of hydrogen-bond donors (Lipinski definition) is 3. The predicted molar refractivity (Wildman–Crippen MR) is 115 cm³/mol. The van der Waals surface area contributed by atoms with Crippen LogP contribution >= 0.6 is 0 Å². The fourth-order valence-corrected chi connectivity index (χ4v) is 5.45. The summed E-state index contributed by atoms with van der Waals surface area (Å²) in [5, 5.41) is 9.37. The lowest BCUT2D eigenvalue weighted by atomic mass is 9.67. The number of carbonyl (C=O) groups is 2. The van der Waals surface area contributed by atoms with Gasteiger partial charge in [-0.3, -0.25) is 4.79 Å². The molecule has 3 amide bonds. The summed E-state index contributed by atoms with van der Waals surface area (Å²) in [5.74, 6) is 1.19. The largest absolute Gasteiger partial charge is 0.342 e. The van der Waals surface area contributed by atoms with Crippen molar-refractivity contribution in [3.63, 3.8) is 0 Å². The smallest absolute Gasteiger partial charge is 0.319 e. The summed E-state index contributed by atoms with van der Waals surface area (Å²) in [6.07, 6.45) is 6.71. The number of rotatable bonds is 4. The van der Waals surface area contributed by atoms with Gasteiger partial charge in [-0.15, -0.1) is 0 Å². The van der Waals surface area contributed by atoms with E-state index in [1.54, 1.807) is 0 Å². The number of anilines is 1. The monoisotopic (exact) mass is 398 g/mol. The van der Waals surface area contributed by atoms with E-state index in [0.717, 1.165) is 51.1 Å². The standard InChI is InChI=1S/C23H34N4O2/c1-17-7-9-20(10-8-17)26-22(29)25-13-18-5-4-12-27(15-18)21(28)23-11-3-2-6-19(23)14-24-16-23/h7-10,18-19,24H,2-6,11-16H2,1H3,(H2,25,26,29)/t18?,19-,23+/m0/s1. The van der Waals surface area contributed by atoms with Crippen molar-refractivity contribution in [3.8, 4) is 0 Å². The van der Waals surface area contributed by atoms with Crippen molar-refractivity contribution in [1.82, 2.24) is 15.5 Å². The molecule has 2 heterocycles. The fourth-order valence-electron chi connectivity index (χ4n) is 5.45. The van der Waals surface area contributed by atoms with Crippen molar-refractivity contribution >= 4 is 17.6 Å². The average Bonchev–Trinajstić information content (AvgIpc) is 3.19. The minimum Gasteiger partial charge on any atom is -0.342 e. The third-order valence-electron chi connectivity index (χ3n) is 7.13. The molecule has 0 aromatic heterocycles. The van der Waals surface area contributed by atoms with Crippen LogP contribution in [-0.4, -0.2) is 49.6 Å². The van der Waals surface area contributed by atoms with Crippen molar-refractivity contribution < 1.29 is 9.59 Å². The van der Waals surface area contributed by atoms with E-state index in [-0.39, 0.29) is 11.4 Å². The van der Waals surface area contributed by atoms with Gasteiger partial charge in [0.15, 0.2) is 0 Å². The van der Waals surface area contributed by atoms with E-state index in [1.807, 2.05) is 31.2 Å². The second-order valence-electron chi connectivity index (χ2n) is 9.19. The van der Waals surface area contributed by atoms with Gasteiger partial charge in [0.05, 0.1) is 5.41 Å². The first kappa shape index (κ1) is 20.2. The Kier molecular flexibility index (Phi) is 6.09. The summed E-state index contributed by atoms with van der Waals surface area (Å²) >= 11 is 0. The van der Waals surface area contributed by atoms with Crippen LogP contribution in [-0.2, 0) is 4.79 Å². The lowest BCUT2D eigenvalue weighted by molar-refractivity contribution is -0.147. The molecule has 1 unspecified atom stereocenters. The number of benzene rings is 1. The van der Waals surface area contributed by atoms with Gasteiger partial charge in [0, 0.05) is 31.9 Å². The molecule has 3 aliphatic rings. The minimum atomic E-state index is -0.178. The molecule has 0 spiro atoms. The summed E-state index contributed by atoms with van der Waals surface area (Å²) in [6, 6.07) is 7.60. The first-order valence-corrected chi connectivity index (χ1v) is 11.2. The number of carbonyl (C=O) groups excluding carboxylic acids is 2. The Balaban J connectivity index is 1.29. The third-order valence-corrected chi connectivity index (χ3v) is 7.13. The molecule has 0 bridgehead atoms. The van der Waals surface area contributed by atoms with Gasteiger partial charge in [0.25, 0.3) is 0 Å². The molecule has 6 heteroatoms. The van der Waals surface area contributed by atoms with Crippen LogP contribution in [0.3, 0.4) is 0 Å². The van der Waals surface area contributed by atoms with Crippen LogP contribution in [0.1, 0.15) is 44.1 Å². The number of nitrogens with zero attached hydrogens (tertiary/aromatic N) is 1. The molecule has 1 saturated carbocycles. The molecule has 4 rings (SSSR count). The molecule has 1 aromatic carbocycles. The molecule has 1 aromatic rings. The van der Waals surface area contributed by atoms with Crippen molar-refractivity contribution in [2.24, 2.45) is 17.3 Å². The van der Waals surface area contributed by atoms with E-state index < -0.39 is 0 Å². The zero-order valence-electron chi connectivity index (χ0n) is 17.5. The SMILES string of the molecule is Cc1ccc(NC(=O)NCC2CCCN(C(=O)[C@@]34CCCC[C@H]3CNC4)C2)cc1. The molecule has 29 heavy (non-hydrogen) atoms. The number of nitrogens with one attached hydrogen (secondary N) is 3. The number of amides is 3. The number of aryl methyl sites for hydroxylation is 1. The normalized spacial score (nSPS) is 29.2. The maximum Gasteiger partial charge on any atom is 0.319 e. The highest BCUT2D eigenvalue weighted by Crippen LogP contribution is 2.45. The maximum atomic E-state index is 13.5. The Hall–Kier alpha value is -2.08. The van der Waals surface area contributed by atoms with Crippen LogP contribution in [0.15, 0.2) is 24.3 Å². The molecule has 2 aliphatic heterocycles. The van der Waals surface area contributed by atoms with Crippen LogP contribution in [0.5, 0.6) is 0 Å². The zero-order valence-corrected chi connectivity index (χ0v) is 17.5. The van der Waals surface area contributed by atoms with Crippen molar-refractivity contribution in [2.75, 3.05) is 38.0 Å². The van der Waals surface area contributed by atoms with E-state index in [4.69, 9.17) is 0 Å². The molecule has 2 saturated heterocycles. The third kappa shape index (κ3) is 4.42. The first-order chi connectivity index (χ1) is 14.1. The van der Waals surface area contributed by atoms with Gasteiger partial charge in [-0.2, -0.15) is 0 Å². The van der Waals surface area contributed by atoms with Gasteiger partial charge in [-0.1, -0.05) is 30.5 Å². The Morgan fingerprint density at radius 1 is 1.17 bits per heavy atom. The van der Waals surface area contributed by atoms with Crippen LogP contribution in [0, 0.1) is 24.2 Å². The van der Waals surface area contributed by atoms with Crippen LogP contribution in [0.2, 0.25) is 0 Å². The Bertz CT molecular complexity index is 735. The first-order valence-electron chi connectivity index (χ1n) is 11.2. The van der Waals surface area contributed by atoms with E-state index >= 15 is 0 Å². The summed E-state index contributed by atoms with van der Waals surface area (Å²) in [6.45, 7) is 6.09. The molecule has 0 radical (unpaired) electrons. The van der Waals surface area contributed by atoms with Crippen LogP contribution in [0.25, 0.3) is 0 Å². The van der Waals surface area contributed by atoms with E-state index in [9.17, 15) is 9.59 Å². The highest BCUT2D eigenvalue weighted by molar-refractivity contribution is 5.89. The summed E-state index contributed by atoms with van der Waals surface area (Å²) in [5.41, 5.74) is 1.79. The molecule has 3 atom stereocenters. The number of likely N-dealkylation sites (tertiary alicyclic amines) is 1. The lowest BCUT2D eigenvalue weighted by Gasteiger charge is -2.43. The fraction of sp³-hybridized carbons (Fsp3) is 0.652. The Labute approximate surface area is 173 Å². The summed E-state index contributed by atoms with van der Waals surface area (Å²) < 4.78 is 0. The number of fused-ring (bicyclic) bond motifs is 1. The molecular weight excluding hydrogens is 364 g/mol. The van der Waals surface area contributed by atoms with E-state index in [0.29, 0.717) is 24.3 Å². The molecule has 3 N–H and O–H groups in total. The lowest BCUT2D eigenvalue weighted by Crippen LogP contribution is -2.53. The Morgan fingerprint density at radius 3 is 2.83 bits per heavy atom. The Morgan fingerprint density at radius 2 is 2.00 bits per heavy atom. The second kappa shape index (κ2) is 8.74. The minimum absolute atomic E-state index is 0.170. The second-order valence-corrected chi connectivity index (χ2v) is 9.19. The quantitative estimate of drug-likeness (QED) is 0.730. The summed E-state index contributed by atoms with van der Waals surface area (Å²) in [4.78, 5) is 27.8.